The Balaban J connectivity index is 0.00000124. The van der Waals surface area contributed by atoms with Crippen molar-refractivity contribution in [2.75, 3.05) is 5.32 Å². The van der Waals surface area contributed by atoms with Crippen LogP contribution < -0.4 is 5.32 Å². The minimum Gasteiger partial charge on any atom is -0.436 e. The maximum absolute atomic E-state index is 14.0. The van der Waals surface area contributed by atoms with E-state index in [0.29, 0.717) is 30.0 Å². The molecular weight excluding hydrogens is 673 g/mol. The number of Topliss-reactive ketones (excluding diaryl/α,β-unsaturated/α-hetero) is 1. The van der Waals surface area contributed by atoms with Gasteiger partial charge < -0.3 is 9.73 Å². The lowest BCUT2D eigenvalue weighted by atomic mass is 9.86. The van der Waals surface area contributed by atoms with Gasteiger partial charge in [0.15, 0.2) is 11.4 Å². The molecule has 0 saturated heterocycles. The van der Waals surface area contributed by atoms with Crippen LogP contribution in [0.4, 0.5) is 5.69 Å². The van der Waals surface area contributed by atoms with E-state index in [4.69, 9.17) is 17.0 Å². The second-order valence-electron chi connectivity index (χ2n) is 13.8. The smallest absolute Gasteiger partial charge is 0.425 e. The molecule has 9 heteroatoms. The van der Waals surface area contributed by atoms with E-state index >= 15 is 0 Å². The summed E-state index contributed by atoms with van der Waals surface area (Å²) < 4.78 is 31.3. The van der Waals surface area contributed by atoms with Gasteiger partial charge in [-0.15, -0.1) is 12.6 Å². The van der Waals surface area contributed by atoms with Crippen molar-refractivity contribution >= 4 is 39.1 Å². The second-order valence-corrected chi connectivity index (χ2v) is 14.2. The van der Waals surface area contributed by atoms with Crippen molar-refractivity contribution in [2.24, 2.45) is 0 Å². The Morgan fingerprint density at radius 1 is 0.769 bits per heavy atom. The quantitative estimate of drug-likeness (QED) is 0.140. The molecule has 5 aromatic carbocycles. The lowest BCUT2D eigenvalue weighted by molar-refractivity contribution is -0.117. The number of carbonyl (C=O) groups excluding carboxylic acids is 2. The van der Waals surface area contributed by atoms with Crippen molar-refractivity contribution in [3.63, 3.8) is 0 Å². The highest BCUT2D eigenvalue weighted by molar-refractivity contribution is 7.59. The molecule has 1 atom stereocenters. The van der Waals surface area contributed by atoms with E-state index in [9.17, 15) is 9.59 Å². The van der Waals surface area contributed by atoms with E-state index in [1.54, 1.807) is 0 Å². The molecule has 6 rings (SSSR count). The monoisotopic (exact) mass is 714 g/mol. The van der Waals surface area contributed by atoms with Gasteiger partial charge in [-0.25, -0.2) is 4.98 Å². The van der Waals surface area contributed by atoms with Gasteiger partial charge in [0, 0.05) is 23.2 Å². The fraction of sp³-hybridized carbons (Fsp3) is 0.233. The summed E-state index contributed by atoms with van der Waals surface area (Å²) in [5.74, 6) is 0.137. The first-order chi connectivity index (χ1) is 24.8. The summed E-state index contributed by atoms with van der Waals surface area (Å²) >= 11 is 0. The average Bonchev–Trinajstić information content (AvgIpc) is 3.57. The number of anilines is 1. The Hall–Kier alpha value is -5.67. The summed E-state index contributed by atoms with van der Waals surface area (Å²) in [5.41, 5.74) is 10.4. The van der Waals surface area contributed by atoms with Crippen LogP contribution in [0, 0.1) is 6.92 Å². The highest BCUT2D eigenvalue weighted by Crippen LogP contribution is 2.31. The Morgan fingerprint density at radius 2 is 1.35 bits per heavy atom. The normalized spacial score (nSPS) is 11.7. The predicted molar refractivity (Wildman–Crippen MR) is 205 cm³/mol. The summed E-state index contributed by atoms with van der Waals surface area (Å²) in [5, 5.41) is 3.14. The van der Waals surface area contributed by atoms with E-state index in [1.807, 2.05) is 80.6 Å². The molecule has 8 nitrogen and oxygen atoms in total. The van der Waals surface area contributed by atoms with Crippen LogP contribution in [0.2, 0.25) is 0 Å². The molecule has 1 N–H and O–H groups in total. The molecule has 0 spiro atoms. The van der Waals surface area contributed by atoms with Crippen LogP contribution in [0.5, 0.6) is 0 Å². The number of para-hydroxylation sites is 1. The van der Waals surface area contributed by atoms with E-state index in [1.165, 1.54) is 5.56 Å². The van der Waals surface area contributed by atoms with Crippen molar-refractivity contribution in [1.82, 2.24) is 4.98 Å². The second kappa shape index (κ2) is 16.6. The fourth-order valence-electron chi connectivity index (χ4n) is 6.00. The third kappa shape index (κ3) is 9.56. The van der Waals surface area contributed by atoms with Gasteiger partial charge in [0.25, 0.3) is 0 Å². The largest absolute Gasteiger partial charge is 0.436 e. The average molecular weight is 715 g/mol. The van der Waals surface area contributed by atoms with Crippen LogP contribution in [-0.4, -0.2) is 29.3 Å². The number of rotatable bonds is 10. The van der Waals surface area contributed by atoms with Gasteiger partial charge in [-0.3, -0.25) is 9.59 Å². The Kier molecular flexibility index (Phi) is 12.0. The van der Waals surface area contributed by atoms with E-state index in [-0.39, 0.29) is 17.1 Å². The molecule has 266 valence electrons. The van der Waals surface area contributed by atoms with Crippen LogP contribution in [0.15, 0.2) is 120 Å². The highest BCUT2D eigenvalue weighted by atomic mass is 32.2. The number of amides is 1. The molecule has 0 aliphatic rings. The standard InChI is InChI=1S/C43H42N2O3.O3S/c1-6-8-38(46)33-13-11-29(12-14-33)27-37(32-17-15-30(16-18-32)31-19-23-35(24-20-31)43(3,4)5)41(47)44-36-25-21-34(22-26-36)42-45-40-28(2)9-7-10-39(40)48-42;1-4(2)3/h7,9-26,37H,6,8,27H2,1-5H3,(H,44,47);/t37-;/m0./s1. The van der Waals surface area contributed by atoms with Crippen LogP contribution >= 0.6 is 0 Å². The number of aromatic nitrogens is 1. The van der Waals surface area contributed by atoms with Crippen LogP contribution in [0.25, 0.3) is 33.7 Å². The summed E-state index contributed by atoms with van der Waals surface area (Å²) in [7, 11) is -3.11. The van der Waals surface area contributed by atoms with Gasteiger partial charge in [-0.05, 0) is 88.9 Å². The van der Waals surface area contributed by atoms with Gasteiger partial charge in [-0.2, -0.15) is 0 Å². The maximum atomic E-state index is 14.0. The fourth-order valence-corrected chi connectivity index (χ4v) is 6.00. The first-order valence-corrected chi connectivity index (χ1v) is 18.2. The number of aryl methyl sites for hydroxylation is 1. The minimum atomic E-state index is -3.11. The van der Waals surface area contributed by atoms with E-state index in [2.05, 4.69) is 79.6 Å². The minimum absolute atomic E-state index is 0.0915. The number of nitrogens with one attached hydrogen (secondary N) is 1. The molecular formula is C43H42N2O6S. The topological polar surface area (TPSA) is 123 Å². The van der Waals surface area contributed by atoms with Crippen molar-refractivity contribution in [3.05, 3.63) is 143 Å². The number of hydrogen-bond donors (Lipinski definition) is 1. The number of oxazole rings is 1. The van der Waals surface area contributed by atoms with Crippen molar-refractivity contribution in [3.8, 4) is 22.6 Å². The van der Waals surface area contributed by atoms with Crippen molar-refractivity contribution in [1.29, 1.82) is 0 Å². The molecule has 52 heavy (non-hydrogen) atoms. The molecule has 6 aromatic rings. The zero-order valence-electron chi connectivity index (χ0n) is 30.0. The molecule has 1 amide bonds. The summed E-state index contributed by atoms with van der Waals surface area (Å²) in [6.45, 7) is 10.7. The third-order valence-electron chi connectivity index (χ3n) is 8.93. The third-order valence-corrected chi connectivity index (χ3v) is 8.93. The first kappa shape index (κ1) is 37.6. The predicted octanol–water partition coefficient (Wildman–Crippen LogP) is 9.71. The molecule has 0 aliphatic carbocycles. The molecule has 1 heterocycles. The number of ketones is 1. The molecule has 0 fully saturated rings. The first-order valence-electron chi connectivity index (χ1n) is 17.2. The molecule has 0 radical (unpaired) electrons. The van der Waals surface area contributed by atoms with Gasteiger partial charge in [0.05, 0.1) is 5.92 Å². The molecule has 1 aromatic heterocycles. The summed E-state index contributed by atoms with van der Waals surface area (Å²) in [6.07, 6.45) is 1.84. The zero-order valence-corrected chi connectivity index (χ0v) is 30.8. The number of fused-ring (bicyclic) bond motifs is 1. The maximum Gasteiger partial charge on any atom is 0.425 e. The number of benzene rings is 5. The lowest BCUT2D eigenvalue weighted by Crippen LogP contribution is -2.23. The van der Waals surface area contributed by atoms with Crippen molar-refractivity contribution in [2.45, 2.75) is 65.2 Å². The number of carbonyl (C=O) groups is 2. The summed E-state index contributed by atoms with van der Waals surface area (Å²) in [6, 6.07) is 38.1. The van der Waals surface area contributed by atoms with Gasteiger partial charge in [-0.1, -0.05) is 113 Å². The van der Waals surface area contributed by atoms with Crippen LogP contribution in [-0.2, 0) is 27.2 Å². The van der Waals surface area contributed by atoms with Gasteiger partial charge >= 0.3 is 10.6 Å². The van der Waals surface area contributed by atoms with Crippen molar-refractivity contribution < 1.29 is 26.6 Å². The number of nitrogens with zero attached hydrogens (tertiary/aromatic N) is 1. The zero-order chi connectivity index (χ0) is 37.4. The Bertz CT molecular complexity index is 2260. The highest BCUT2D eigenvalue weighted by Gasteiger charge is 2.23. The molecule has 0 saturated carbocycles. The van der Waals surface area contributed by atoms with E-state index in [0.717, 1.165) is 50.9 Å². The Labute approximate surface area is 306 Å². The molecule has 0 bridgehead atoms. The number of hydrogen-bond acceptors (Lipinski definition) is 7. The van der Waals surface area contributed by atoms with Crippen LogP contribution in [0.1, 0.15) is 79.1 Å². The van der Waals surface area contributed by atoms with Crippen LogP contribution in [0.3, 0.4) is 0 Å². The molecule has 0 unspecified atom stereocenters. The van der Waals surface area contributed by atoms with Gasteiger partial charge in [0.1, 0.15) is 5.52 Å². The molecule has 0 aliphatic heterocycles. The van der Waals surface area contributed by atoms with E-state index < -0.39 is 16.5 Å². The lowest BCUT2D eigenvalue weighted by Gasteiger charge is -2.20. The van der Waals surface area contributed by atoms with Gasteiger partial charge in [0.2, 0.25) is 11.8 Å². The summed E-state index contributed by atoms with van der Waals surface area (Å²) in [4.78, 5) is 31.1. The Morgan fingerprint density at radius 3 is 1.90 bits per heavy atom. The SMILES string of the molecule is CCCC(=O)c1ccc(C[C@H](C(=O)Nc2ccc(-c3nc4c(C)cccc4o3)cc2)c2ccc(-c3ccc(C(C)(C)C)cc3)cc2)cc1.O=S(=O)=O.